The fourth-order valence-electron chi connectivity index (χ4n) is 3.32. The van der Waals surface area contributed by atoms with E-state index in [1.54, 1.807) is 21.9 Å². The largest absolute Gasteiger partial charge is 0.480 e. The number of carboxylic acids is 1. The number of amides is 1. The average Bonchev–Trinajstić information content (AvgIpc) is 3.04. The van der Waals surface area contributed by atoms with Crippen LogP contribution in [0.2, 0.25) is 0 Å². The Morgan fingerprint density at radius 1 is 1.24 bits per heavy atom. The fraction of sp³-hybridized carbons (Fsp3) is 0.529. The lowest BCUT2D eigenvalue weighted by molar-refractivity contribution is -0.145. The summed E-state index contributed by atoms with van der Waals surface area (Å²) in [5, 5.41) is 9.20. The Morgan fingerprint density at radius 2 is 1.96 bits per heavy atom. The lowest BCUT2D eigenvalue weighted by Crippen LogP contribution is -2.48. The van der Waals surface area contributed by atoms with Crippen molar-refractivity contribution in [2.24, 2.45) is 0 Å². The van der Waals surface area contributed by atoms with Crippen molar-refractivity contribution in [3.63, 3.8) is 0 Å². The Bertz CT molecular complexity index is 613. The van der Waals surface area contributed by atoms with Crippen LogP contribution in [0.15, 0.2) is 24.3 Å². The molecule has 2 saturated heterocycles. The van der Waals surface area contributed by atoms with Crippen LogP contribution in [0.25, 0.3) is 0 Å². The molecule has 1 amide bonds. The third-order valence-electron chi connectivity index (χ3n) is 4.65. The number of rotatable bonds is 4. The lowest BCUT2D eigenvalue weighted by atomic mass is 10.1. The van der Waals surface area contributed by atoms with Gasteiger partial charge in [0.2, 0.25) is 5.91 Å². The normalized spacial score (nSPS) is 24.0. The van der Waals surface area contributed by atoms with Crippen LogP contribution in [0.1, 0.15) is 24.5 Å². The zero-order valence-electron chi connectivity index (χ0n) is 13.8. The fourth-order valence-corrected chi connectivity index (χ4v) is 3.32. The number of likely N-dealkylation sites (tertiary alicyclic amines) is 1. The molecule has 0 radical (unpaired) electrons. The van der Waals surface area contributed by atoms with Gasteiger partial charge in [-0.15, -0.1) is 12.4 Å². The van der Waals surface area contributed by atoms with E-state index in [0.717, 1.165) is 12.0 Å². The number of ether oxygens (including phenoxy) is 1. The van der Waals surface area contributed by atoms with E-state index in [9.17, 15) is 19.1 Å². The molecule has 1 aromatic carbocycles. The molecule has 0 aliphatic carbocycles. The quantitative estimate of drug-likeness (QED) is 0.871. The molecule has 2 aliphatic heterocycles. The lowest BCUT2D eigenvalue weighted by Gasteiger charge is -2.34. The molecule has 0 bridgehead atoms. The van der Waals surface area contributed by atoms with Gasteiger partial charge in [0.25, 0.3) is 0 Å². The van der Waals surface area contributed by atoms with Gasteiger partial charge in [-0.3, -0.25) is 14.5 Å². The van der Waals surface area contributed by atoms with Crippen molar-refractivity contribution in [3.05, 3.63) is 35.6 Å². The predicted molar refractivity (Wildman–Crippen MR) is 91.2 cm³/mol. The van der Waals surface area contributed by atoms with Crippen LogP contribution in [0.3, 0.4) is 0 Å². The number of morpholine rings is 1. The maximum Gasteiger partial charge on any atom is 0.320 e. The number of aliphatic carboxylic acids is 1. The number of hydrogen-bond acceptors (Lipinski definition) is 4. The molecule has 1 aromatic rings. The van der Waals surface area contributed by atoms with E-state index in [1.807, 2.05) is 0 Å². The molecule has 8 heteroatoms. The number of halogens is 2. The van der Waals surface area contributed by atoms with E-state index < -0.39 is 12.0 Å². The van der Waals surface area contributed by atoms with Crippen molar-refractivity contribution in [3.8, 4) is 0 Å². The second-order valence-corrected chi connectivity index (χ2v) is 6.22. The Hall–Kier alpha value is -1.70. The summed E-state index contributed by atoms with van der Waals surface area (Å²) in [6.45, 7) is 2.05. The van der Waals surface area contributed by atoms with Crippen LogP contribution in [0, 0.1) is 5.82 Å². The molecule has 0 saturated carbocycles. The number of carboxylic acid groups (broad SMARTS) is 1. The highest BCUT2D eigenvalue weighted by Crippen LogP contribution is 2.23. The van der Waals surface area contributed by atoms with E-state index in [0.29, 0.717) is 32.7 Å². The van der Waals surface area contributed by atoms with Gasteiger partial charge in [-0.05, 0) is 37.1 Å². The molecule has 138 valence electrons. The molecule has 3 rings (SSSR count). The standard InChI is InChI=1S/C17H21FN2O4.ClH/c18-13-5-3-12(4-6-13)15-10-20(8-9-24-15)16(21)11-19-7-1-2-14(19)17(22)23;/h3-6,14-15H,1-2,7-11H2,(H,22,23);1H/t14-,15?;/m1./s1. The van der Waals surface area contributed by atoms with Gasteiger partial charge < -0.3 is 14.7 Å². The minimum Gasteiger partial charge on any atom is -0.480 e. The van der Waals surface area contributed by atoms with Crippen molar-refractivity contribution in [1.29, 1.82) is 0 Å². The van der Waals surface area contributed by atoms with Crippen molar-refractivity contribution in [1.82, 2.24) is 9.80 Å². The monoisotopic (exact) mass is 372 g/mol. The van der Waals surface area contributed by atoms with Gasteiger partial charge in [-0.1, -0.05) is 12.1 Å². The third kappa shape index (κ3) is 4.68. The topological polar surface area (TPSA) is 70.1 Å². The van der Waals surface area contributed by atoms with Crippen LogP contribution in [0.4, 0.5) is 4.39 Å². The van der Waals surface area contributed by atoms with E-state index in [-0.39, 0.29) is 36.8 Å². The van der Waals surface area contributed by atoms with Crippen LogP contribution < -0.4 is 0 Å². The number of nitrogens with zero attached hydrogens (tertiary/aromatic N) is 2. The van der Waals surface area contributed by atoms with Crippen molar-refractivity contribution >= 4 is 24.3 Å². The van der Waals surface area contributed by atoms with Crippen LogP contribution >= 0.6 is 12.4 Å². The highest BCUT2D eigenvalue weighted by molar-refractivity contribution is 5.85. The van der Waals surface area contributed by atoms with E-state index in [1.165, 1.54) is 12.1 Å². The van der Waals surface area contributed by atoms with Gasteiger partial charge in [0, 0.05) is 6.54 Å². The summed E-state index contributed by atoms with van der Waals surface area (Å²) in [6.07, 6.45) is 1.10. The first-order valence-electron chi connectivity index (χ1n) is 8.16. The molecular formula is C17H22ClFN2O4. The zero-order valence-corrected chi connectivity index (χ0v) is 14.6. The van der Waals surface area contributed by atoms with Crippen molar-refractivity contribution in [2.45, 2.75) is 25.0 Å². The van der Waals surface area contributed by atoms with Crippen molar-refractivity contribution in [2.75, 3.05) is 32.8 Å². The Labute approximate surface area is 152 Å². The Morgan fingerprint density at radius 3 is 2.64 bits per heavy atom. The summed E-state index contributed by atoms with van der Waals surface area (Å²) in [7, 11) is 0. The summed E-state index contributed by atoms with van der Waals surface area (Å²) < 4.78 is 18.7. The molecule has 6 nitrogen and oxygen atoms in total. The third-order valence-corrected chi connectivity index (χ3v) is 4.65. The molecule has 0 spiro atoms. The Kier molecular flexibility index (Phi) is 6.75. The second kappa shape index (κ2) is 8.60. The number of carbonyl (C=O) groups excluding carboxylic acids is 1. The minimum absolute atomic E-state index is 0. The minimum atomic E-state index is -0.869. The second-order valence-electron chi connectivity index (χ2n) is 6.22. The van der Waals surface area contributed by atoms with Gasteiger partial charge >= 0.3 is 5.97 Å². The molecule has 1 unspecified atom stereocenters. The smallest absolute Gasteiger partial charge is 0.320 e. The summed E-state index contributed by atoms with van der Waals surface area (Å²) in [5.74, 6) is -1.26. The van der Waals surface area contributed by atoms with Gasteiger partial charge in [0.15, 0.2) is 0 Å². The summed E-state index contributed by atoms with van der Waals surface area (Å²) in [4.78, 5) is 27.2. The van der Waals surface area contributed by atoms with E-state index >= 15 is 0 Å². The van der Waals surface area contributed by atoms with Crippen molar-refractivity contribution < 1.29 is 23.8 Å². The SMILES string of the molecule is Cl.O=C(O)[C@H]1CCCN1CC(=O)N1CCOC(c2ccc(F)cc2)C1. The highest BCUT2D eigenvalue weighted by atomic mass is 35.5. The maximum atomic E-state index is 13.0. The Balaban J connectivity index is 0.00000225. The predicted octanol–water partition coefficient (Wildman–Crippen LogP) is 1.70. The molecule has 2 heterocycles. The summed E-state index contributed by atoms with van der Waals surface area (Å²) in [5.41, 5.74) is 0.832. The molecule has 1 N–H and O–H groups in total. The van der Waals surface area contributed by atoms with Gasteiger partial charge in [-0.2, -0.15) is 0 Å². The first-order chi connectivity index (χ1) is 11.5. The van der Waals surface area contributed by atoms with Crippen LogP contribution in [0.5, 0.6) is 0 Å². The first-order valence-corrected chi connectivity index (χ1v) is 8.16. The van der Waals surface area contributed by atoms with Gasteiger partial charge in [0.05, 0.1) is 19.7 Å². The number of benzene rings is 1. The van der Waals surface area contributed by atoms with Gasteiger partial charge in [-0.25, -0.2) is 4.39 Å². The molecule has 0 aromatic heterocycles. The molecular weight excluding hydrogens is 351 g/mol. The van der Waals surface area contributed by atoms with E-state index in [2.05, 4.69) is 0 Å². The summed E-state index contributed by atoms with van der Waals surface area (Å²) >= 11 is 0. The molecule has 2 fully saturated rings. The van der Waals surface area contributed by atoms with Gasteiger partial charge in [0.1, 0.15) is 18.0 Å². The molecule has 2 aliphatic rings. The van der Waals surface area contributed by atoms with E-state index in [4.69, 9.17) is 4.74 Å². The highest BCUT2D eigenvalue weighted by Gasteiger charge is 2.34. The molecule has 25 heavy (non-hydrogen) atoms. The first kappa shape index (κ1) is 19.6. The maximum absolute atomic E-state index is 13.0. The van der Waals surface area contributed by atoms with Crippen LogP contribution in [-0.4, -0.2) is 65.6 Å². The zero-order chi connectivity index (χ0) is 17.1. The number of hydrogen-bond donors (Lipinski definition) is 1. The summed E-state index contributed by atoms with van der Waals surface area (Å²) in [6, 6.07) is 5.51. The number of carbonyl (C=O) groups is 2. The molecule has 2 atom stereocenters. The average molecular weight is 373 g/mol. The van der Waals surface area contributed by atoms with Crippen LogP contribution in [-0.2, 0) is 14.3 Å².